The Hall–Kier alpha value is -3.19. The van der Waals surface area contributed by atoms with Crippen molar-refractivity contribution in [3.05, 3.63) is 47.9 Å². The van der Waals surface area contributed by atoms with Gasteiger partial charge in [-0.3, -0.25) is 14.5 Å². The van der Waals surface area contributed by atoms with E-state index in [1.165, 1.54) is 24.7 Å². The Balaban J connectivity index is 1.42. The summed E-state index contributed by atoms with van der Waals surface area (Å²) in [5.74, 6) is -0.703. The van der Waals surface area contributed by atoms with Gasteiger partial charge in [-0.1, -0.05) is 6.92 Å². The van der Waals surface area contributed by atoms with Crippen molar-refractivity contribution in [2.75, 3.05) is 10.0 Å². The van der Waals surface area contributed by atoms with Crippen molar-refractivity contribution in [1.29, 1.82) is 0 Å². The number of thiazole rings is 1. The molecule has 1 fully saturated rings. The molecule has 0 aromatic carbocycles. The van der Waals surface area contributed by atoms with Crippen LogP contribution < -0.4 is 14.8 Å². The normalized spacial score (nSPS) is 14.6. The third-order valence-electron chi connectivity index (χ3n) is 5.08. The third kappa shape index (κ3) is 5.83. The number of halogens is 2. The maximum absolute atomic E-state index is 12.8. The standard InChI is InChI=1S/C21H21F2N5O4S2/c1-2-16(17-11-33-21(26-17)28-34(30,31)15-4-5-15)19(29)27-18-6-3-12(9-25-18)13-7-14(10-24-8-13)32-20(22)23/h3,6-11,15-16,20H,2,4-5H2,1H3,(H,26,28)(H,25,27,29). The number of ether oxygens (including phenoxy) is 1. The molecule has 3 heterocycles. The Morgan fingerprint density at radius 2 is 2.03 bits per heavy atom. The average molecular weight is 510 g/mol. The number of rotatable bonds is 10. The number of anilines is 2. The van der Waals surface area contributed by atoms with Gasteiger partial charge in [-0.05, 0) is 37.5 Å². The molecular weight excluding hydrogens is 488 g/mol. The summed E-state index contributed by atoms with van der Waals surface area (Å²) >= 11 is 1.13. The van der Waals surface area contributed by atoms with Crippen LogP contribution in [0.15, 0.2) is 42.2 Å². The summed E-state index contributed by atoms with van der Waals surface area (Å²) < 4.78 is 55.9. The first kappa shape index (κ1) is 24.0. The van der Waals surface area contributed by atoms with E-state index >= 15 is 0 Å². The lowest BCUT2D eigenvalue weighted by Gasteiger charge is -2.13. The predicted molar refractivity (Wildman–Crippen MR) is 123 cm³/mol. The molecular formula is C21H21F2N5O4S2. The highest BCUT2D eigenvalue weighted by atomic mass is 32.2. The van der Waals surface area contributed by atoms with Crippen molar-refractivity contribution < 1.29 is 26.7 Å². The minimum absolute atomic E-state index is 0.0716. The number of pyridine rings is 2. The Morgan fingerprint density at radius 3 is 2.68 bits per heavy atom. The molecule has 1 saturated carbocycles. The Labute approximate surface area is 198 Å². The van der Waals surface area contributed by atoms with Crippen LogP contribution in [0.1, 0.15) is 37.8 Å². The minimum Gasteiger partial charge on any atom is -0.433 e. The second-order valence-electron chi connectivity index (χ2n) is 7.59. The van der Waals surface area contributed by atoms with Gasteiger partial charge in [0.1, 0.15) is 11.6 Å². The van der Waals surface area contributed by atoms with Crippen molar-refractivity contribution in [2.24, 2.45) is 0 Å². The number of aromatic nitrogens is 3. The lowest BCUT2D eigenvalue weighted by molar-refractivity contribution is -0.117. The lowest BCUT2D eigenvalue weighted by atomic mass is 10.0. The molecule has 1 amide bonds. The quantitative estimate of drug-likeness (QED) is 0.419. The van der Waals surface area contributed by atoms with Gasteiger partial charge in [0.2, 0.25) is 15.9 Å². The van der Waals surface area contributed by atoms with E-state index in [1.807, 2.05) is 6.92 Å². The maximum Gasteiger partial charge on any atom is 0.387 e. The molecule has 0 spiro atoms. The van der Waals surface area contributed by atoms with E-state index in [2.05, 4.69) is 29.7 Å². The number of amides is 1. The molecule has 1 unspecified atom stereocenters. The number of carbonyl (C=O) groups excluding carboxylic acids is 1. The van der Waals surface area contributed by atoms with Gasteiger partial charge < -0.3 is 10.1 Å². The first-order valence-electron chi connectivity index (χ1n) is 10.4. The summed E-state index contributed by atoms with van der Waals surface area (Å²) in [6.07, 6.45) is 5.88. The van der Waals surface area contributed by atoms with Gasteiger partial charge in [0.15, 0.2) is 5.13 Å². The first-order chi connectivity index (χ1) is 16.2. The molecule has 3 aromatic rings. The highest BCUT2D eigenvalue weighted by Crippen LogP contribution is 2.32. The van der Waals surface area contributed by atoms with Crippen LogP contribution in [-0.2, 0) is 14.8 Å². The minimum atomic E-state index is -3.43. The number of nitrogens with one attached hydrogen (secondary N) is 2. The summed E-state index contributed by atoms with van der Waals surface area (Å²) in [5.41, 5.74) is 1.60. The summed E-state index contributed by atoms with van der Waals surface area (Å²) in [4.78, 5) is 25.2. The lowest BCUT2D eigenvalue weighted by Crippen LogP contribution is -2.22. The molecule has 0 aliphatic heterocycles. The van der Waals surface area contributed by atoms with Crippen molar-refractivity contribution in [1.82, 2.24) is 15.0 Å². The Kier molecular flexibility index (Phi) is 7.03. The van der Waals surface area contributed by atoms with Gasteiger partial charge in [-0.25, -0.2) is 18.4 Å². The summed E-state index contributed by atoms with van der Waals surface area (Å²) in [7, 11) is -3.43. The van der Waals surface area contributed by atoms with Crippen LogP contribution in [0.3, 0.4) is 0 Å². The van der Waals surface area contributed by atoms with E-state index in [0.717, 1.165) is 11.3 Å². The van der Waals surface area contributed by atoms with Gasteiger partial charge in [0.25, 0.3) is 0 Å². The van der Waals surface area contributed by atoms with Crippen LogP contribution in [0, 0.1) is 0 Å². The molecule has 34 heavy (non-hydrogen) atoms. The number of sulfonamides is 1. The molecule has 0 radical (unpaired) electrons. The zero-order chi connectivity index (χ0) is 24.3. The fourth-order valence-corrected chi connectivity index (χ4v) is 5.56. The van der Waals surface area contributed by atoms with E-state index in [9.17, 15) is 22.0 Å². The third-order valence-corrected chi connectivity index (χ3v) is 7.81. The molecule has 2 N–H and O–H groups in total. The van der Waals surface area contributed by atoms with Crippen LogP contribution in [-0.4, -0.2) is 41.1 Å². The van der Waals surface area contributed by atoms with Crippen molar-refractivity contribution in [3.63, 3.8) is 0 Å². The number of carbonyl (C=O) groups is 1. The maximum atomic E-state index is 12.8. The van der Waals surface area contributed by atoms with Gasteiger partial charge >= 0.3 is 6.61 Å². The summed E-state index contributed by atoms with van der Waals surface area (Å²) in [5, 5.41) is 4.26. The van der Waals surface area contributed by atoms with Crippen LogP contribution in [0.5, 0.6) is 5.75 Å². The Bertz CT molecular complexity index is 1260. The van der Waals surface area contributed by atoms with Gasteiger partial charge in [-0.2, -0.15) is 8.78 Å². The zero-order valence-electron chi connectivity index (χ0n) is 17.9. The number of alkyl halides is 2. The van der Waals surface area contributed by atoms with Gasteiger partial charge in [0, 0.05) is 28.9 Å². The Morgan fingerprint density at radius 1 is 1.24 bits per heavy atom. The first-order valence-corrected chi connectivity index (χ1v) is 12.8. The highest BCUT2D eigenvalue weighted by Gasteiger charge is 2.36. The molecule has 0 bridgehead atoms. The van der Waals surface area contributed by atoms with Crippen LogP contribution in [0.4, 0.5) is 19.7 Å². The van der Waals surface area contributed by atoms with Crippen LogP contribution in [0.2, 0.25) is 0 Å². The topological polar surface area (TPSA) is 123 Å². The van der Waals surface area contributed by atoms with Crippen LogP contribution >= 0.6 is 11.3 Å². The number of nitrogens with zero attached hydrogens (tertiary/aromatic N) is 3. The molecule has 13 heteroatoms. The van der Waals surface area contributed by atoms with Crippen LogP contribution in [0.25, 0.3) is 11.1 Å². The summed E-state index contributed by atoms with van der Waals surface area (Å²) in [6, 6.07) is 4.66. The smallest absolute Gasteiger partial charge is 0.387 e. The molecule has 1 atom stereocenters. The second-order valence-corrected chi connectivity index (χ2v) is 10.4. The van der Waals surface area contributed by atoms with E-state index in [0.29, 0.717) is 41.9 Å². The largest absolute Gasteiger partial charge is 0.433 e. The fourth-order valence-electron chi connectivity index (χ4n) is 3.20. The fraction of sp³-hybridized carbons (Fsp3) is 0.333. The molecule has 9 nitrogen and oxygen atoms in total. The van der Waals surface area contributed by atoms with E-state index < -0.39 is 22.6 Å². The van der Waals surface area contributed by atoms with Crippen molar-refractivity contribution in [3.8, 4) is 16.9 Å². The number of hydrogen-bond donors (Lipinski definition) is 2. The average Bonchev–Trinajstić information content (AvgIpc) is 3.57. The molecule has 1 aliphatic carbocycles. The predicted octanol–water partition coefficient (Wildman–Crippen LogP) is 4.24. The SMILES string of the molecule is CCC(C(=O)Nc1ccc(-c2cncc(OC(F)F)c2)cn1)c1csc(NS(=O)(=O)C2CC2)n1. The monoisotopic (exact) mass is 509 g/mol. The van der Waals surface area contributed by atoms with E-state index in [-0.39, 0.29) is 22.0 Å². The highest BCUT2D eigenvalue weighted by molar-refractivity contribution is 7.93. The molecule has 0 saturated heterocycles. The molecule has 4 rings (SSSR count). The second kappa shape index (κ2) is 9.97. The van der Waals surface area contributed by atoms with E-state index in [1.54, 1.807) is 17.5 Å². The zero-order valence-corrected chi connectivity index (χ0v) is 19.6. The van der Waals surface area contributed by atoms with Gasteiger partial charge in [-0.15, -0.1) is 11.3 Å². The van der Waals surface area contributed by atoms with E-state index in [4.69, 9.17) is 0 Å². The summed E-state index contributed by atoms with van der Waals surface area (Å²) in [6.45, 7) is -1.12. The molecule has 3 aromatic heterocycles. The van der Waals surface area contributed by atoms with Gasteiger partial charge in [0.05, 0.1) is 23.1 Å². The number of hydrogen-bond acceptors (Lipinski definition) is 8. The molecule has 1 aliphatic rings. The van der Waals surface area contributed by atoms with Crippen molar-refractivity contribution in [2.45, 2.75) is 44.0 Å². The molecule has 180 valence electrons. The van der Waals surface area contributed by atoms with Crippen molar-refractivity contribution >= 4 is 38.2 Å².